The fourth-order valence-electron chi connectivity index (χ4n) is 1.37. The second-order valence-corrected chi connectivity index (χ2v) is 4.71. The SMILES string of the molecule is CC=C(C)C(=O)OCC(CCCC)OC(=O)C(C)=CC. The monoisotopic (exact) mass is 282 g/mol. The molecule has 0 aliphatic rings. The minimum Gasteiger partial charge on any atom is -0.458 e. The highest BCUT2D eigenvalue weighted by atomic mass is 16.6. The third-order valence-corrected chi connectivity index (χ3v) is 3.06. The largest absolute Gasteiger partial charge is 0.458 e. The summed E-state index contributed by atoms with van der Waals surface area (Å²) in [6, 6.07) is 0. The zero-order valence-corrected chi connectivity index (χ0v) is 13.2. The van der Waals surface area contributed by atoms with Crippen molar-refractivity contribution in [1.29, 1.82) is 0 Å². The van der Waals surface area contributed by atoms with Gasteiger partial charge in [0.05, 0.1) is 0 Å². The van der Waals surface area contributed by atoms with E-state index in [0.29, 0.717) is 17.6 Å². The summed E-state index contributed by atoms with van der Waals surface area (Å²) in [6.07, 6.45) is 5.63. The second-order valence-electron chi connectivity index (χ2n) is 4.71. The van der Waals surface area contributed by atoms with E-state index >= 15 is 0 Å². The van der Waals surface area contributed by atoms with Crippen LogP contribution in [0.15, 0.2) is 23.3 Å². The van der Waals surface area contributed by atoms with Gasteiger partial charge in [0.15, 0.2) is 0 Å². The zero-order chi connectivity index (χ0) is 15.5. The first-order valence-electron chi connectivity index (χ1n) is 7.10. The molecule has 0 aliphatic carbocycles. The minimum absolute atomic E-state index is 0.104. The maximum atomic E-state index is 11.7. The average Bonchev–Trinajstić information content (AvgIpc) is 2.47. The fraction of sp³-hybridized carbons (Fsp3) is 0.625. The first-order chi connectivity index (χ1) is 9.46. The minimum atomic E-state index is -0.383. The molecule has 1 unspecified atom stereocenters. The highest BCUT2D eigenvalue weighted by Crippen LogP contribution is 2.10. The van der Waals surface area contributed by atoms with Gasteiger partial charge in [-0.1, -0.05) is 25.5 Å². The van der Waals surface area contributed by atoms with Gasteiger partial charge < -0.3 is 9.47 Å². The van der Waals surface area contributed by atoms with Crippen molar-refractivity contribution in [2.75, 3.05) is 6.61 Å². The number of unbranched alkanes of at least 4 members (excludes halogenated alkanes) is 1. The molecule has 0 N–H and O–H groups in total. The predicted molar refractivity (Wildman–Crippen MR) is 79.2 cm³/mol. The highest BCUT2D eigenvalue weighted by Gasteiger charge is 2.17. The van der Waals surface area contributed by atoms with Crippen molar-refractivity contribution in [2.45, 2.75) is 60.0 Å². The fourth-order valence-corrected chi connectivity index (χ4v) is 1.37. The molecule has 0 aromatic carbocycles. The Balaban J connectivity index is 4.49. The summed E-state index contributed by atoms with van der Waals surface area (Å²) in [6.45, 7) is 9.13. The van der Waals surface area contributed by atoms with Crippen LogP contribution in [-0.4, -0.2) is 24.6 Å². The Bertz CT molecular complexity index is 380. The van der Waals surface area contributed by atoms with Crippen molar-refractivity contribution in [3.8, 4) is 0 Å². The van der Waals surface area contributed by atoms with Crippen LogP contribution in [-0.2, 0) is 19.1 Å². The number of carbonyl (C=O) groups is 2. The van der Waals surface area contributed by atoms with E-state index in [9.17, 15) is 9.59 Å². The van der Waals surface area contributed by atoms with Gasteiger partial charge in [-0.3, -0.25) is 0 Å². The van der Waals surface area contributed by atoms with Gasteiger partial charge in [-0.05, 0) is 40.5 Å². The molecule has 4 heteroatoms. The molecule has 1 atom stereocenters. The molecule has 0 saturated carbocycles. The Morgan fingerprint density at radius 2 is 1.60 bits per heavy atom. The summed E-state index contributed by atoms with van der Waals surface area (Å²) >= 11 is 0. The maximum absolute atomic E-state index is 11.7. The normalized spacial score (nSPS) is 13.8. The van der Waals surface area contributed by atoms with Gasteiger partial charge in [-0.25, -0.2) is 9.59 Å². The summed E-state index contributed by atoms with van der Waals surface area (Å²) in [4.78, 5) is 23.3. The number of allylic oxidation sites excluding steroid dienone is 2. The smallest absolute Gasteiger partial charge is 0.333 e. The van der Waals surface area contributed by atoms with Crippen LogP contribution in [0.3, 0.4) is 0 Å². The van der Waals surface area contributed by atoms with Gasteiger partial charge in [-0.2, -0.15) is 0 Å². The van der Waals surface area contributed by atoms with Crippen molar-refractivity contribution in [2.24, 2.45) is 0 Å². The standard InChI is InChI=1S/C16H26O4/c1-6-9-10-14(20-16(18)13(5)8-3)11-19-15(17)12(4)7-2/h7-8,14H,6,9-11H2,1-5H3. The number of rotatable bonds is 8. The molecule has 0 amide bonds. The topological polar surface area (TPSA) is 52.6 Å². The first-order valence-corrected chi connectivity index (χ1v) is 7.10. The third kappa shape index (κ3) is 7.12. The molecule has 0 rings (SSSR count). The number of hydrogen-bond donors (Lipinski definition) is 0. The van der Waals surface area contributed by atoms with Gasteiger partial charge in [-0.15, -0.1) is 0 Å². The third-order valence-electron chi connectivity index (χ3n) is 3.06. The van der Waals surface area contributed by atoms with E-state index in [1.54, 1.807) is 39.8 Å². The first kappa shape index (κ1) is 18.4. The molecule has 0 bridgehead atoms. The summed E-state index contributed by atoms with van der Waals surface area (Å²) < 4.78 is 10.5. The van der Waals surface area contributed by atoms with Crippen LogP contribution < -0.4 is 0 Å². The molecule has 0 spiro atoms. The molecule has 0 aromatic heterocycles. The molecule has 0 heterocycles. The van der Waals surface area contributed by atoms with Crippen LogP contribution in [0, 0.1) is 0 Å². The Hall–Kier alpha value is -1.58. The Labute approximate surface area is 121 Å². The van der Waals surface area contributed by atoms with Crippen LogP contribution >= 0.6 is 0 Å². The van der Waals surface area contributed by atoms with Crippen molar-refractivity contribution >= 4 is 11.9 Å². The summed E-state index contributed by atoms with van der Waals surface area (Å²) in [5.41, 5.74) is 1.11. The maximum Gasteiger partial charge on any atom is 0.333 e. The van der Waals surface area contributed by atoms with Crippen LogP contribution in [0.4, 0.5) is 0 Å². The van der Waals surface area contributed by atoms with Crippen molar-refractivity contribution in [3.05, 3.63) is 23.3 Å². The van der Waals surface area contributed by atoms with E-state index in [1.807, 2.05) is 0 Å². The summed E-state index contributed by atoms with van der Waals surface area (Å²) in [7, 11) is 0. The van der Waals surface area contributed by atoms with Crippen LogP contribution in [0.1, 0.15) is 53.9 Å². The highest BCUT2D eigenvalue weighted by molar-refractivity contribution is 5.88. The lowest BCUT2D eigenvalue weighted by atomic mass is 10.1. The molecule has 0 radical (unpaired) electrons. The Morgan fingerprint density at radius 3 is 2.10 bits per heavy atom. The molecule has 0 aliphatic heterocycles. The average molecular weight is 282 g/mol. The van der Waals surface area contributed by atoms with Crippen molar-refractivity contribution in [3.63, 3.8) is 0 Å². The van der Waals surface area contributed by atoms with E-state index in [4.69, 9.17) is 9.47 Å². The second kappa shape index (κ2) is 10.2. The zero-order valence-electron chi connectivity index (χ0n) is 13.2. The van der Waals surface area contributed by atoms with Gasteiger partial charge >= 0.3 is 11.9 Å². The quantitative estimate of drug-likeness (QED) is 0.504. The Morgan fingerprint density at radius 1 is 1.05 bits per heavy atom. The number of carbonyl (C=O) groups excluding carboxylic acids is 2. The molecule has 0 saturated heterocycles. The number of esters is 2. The van der Waals surface area contributed by atoms with E-state index in [-0.39, 0.29) is 24.6 Å². The van der Waals surface area contributed by atoms with E-state index in [0.717, 1.165) is 12.8 Å². The molecule has 0 aromatic rings. The van der Waals surface area contributed by atoms with Crippen LogP contribution in [0.5, 0.6) is 0 Å². The van der Waals surface area contributed by atoms with Gasteiger partial charge in [0, 0.05) is 11.1 Å². The molecule has 20 heavy (non-hydrogen) atoms. The predicted octanol–water partition coefficient (Wildman–Crippen LogP) is 3.56. The van der Waals surface area contributed by atoms with Gasteiger partial charge in [0.1, 0.15) is 12.7 Å². The molecular weight excluding hydrogens is 256 g/mol. The van der Waals surface area contributed by atoms with Crippen LogP contribution in [0.2, 0.25) is 0 Å². The molecule has 4 nitrogen and oxygen atoms in total. The molecule has 114 valence electrons. The van der Waals surface area contributed by atoms with E-state index in [1.165, 1.54) is 0 Å². The Kier molecular flexibility index (Phi) is 9.43. The summed E-state index contributed by atoms with van der Waals surface area (Å²) in [5.74, 6) is -0.722. The number of hydrogen-bond acceptors (Lipinski definition) is 4. The summed E-state index contributed by atoms with van der Waals surface area (Å²) in [5, 5.41) is 0. The van der Waals surface area contributed by atoms with Crippen molar-refractivity contribution in [1.82, 2.24) is 0 Å². The van der Waals surface area contributed by atoms with E-state index in [2.05, 4.69) is 6.92 Å². The van der Waals surface area contributed by atoms with E-state index < -0.39 is 0 Å². The molecule has 0 fully saturated rings. The van der Waals surface area contributed by atoms with Gasteiger partial charge in [0.2, 0.25) is 0 Å². The lowest BCUT2D eigenvalue weighted by molar-refractivity contribution is -0.154. The van der Waals surface area contributed by atoms with Crippen LogP contribution in [0.25, 0.3) is 0 Å². The van der Waals surface area contributed by atoms with Gasteiger partial charge in [0.25, 0.3) is 0 Å². The lowest BCUT2D eigenvalue weighted by Gasteiger charge is -2.18. The molecular formula is C16H26O4. The van der Waals surface area contributed by atoms with Crippen molar-refractivity contribution < 1.29 is 19.1 Å². The lowest BCUT2D eigenvalue weighted by Crippen LogP contribution is -2.26. The number of ether oxygens (including phenoxy) is 2.